The molecule has 1 aromatic heterocycles. The number of carboxylic acids is 1. The van der Waals surface area contributed by atoms with Crippen molar-refractivity contribution >= 4 is 5.97 Å². The Morgan fingerprint density at radius 3 is 2.93 bits per heavy atom. The molecule has 1 heterocycles. The van der Waals surface area contributed by atoms with E-state index in [0.29, 0.717) is 6.42 Å². The van der Waals surface area contributed by atoms with Crippen LogP contribution in [0.2, 0.25) is 0 Å². The minimum absolute atomic E-state index is 0.189. The molecule has 0 saturated heterocycles. The number of carbonyl (C=O) groups is 1. The second kappa shape index (κ2) is 5.56. The van der Waals surface area contributed by atoms with Gasteiger partial charge in [-0.2, -0.15) is 0 Å². The van der Waals surface area contributed by atoms with E-state index >= 15 is 0 Å². The summed E-state index contributed by atoms with van der Waals surface area (Å²) in [6.07, 6.45) is 2.53. The van der Waals surface area contributed by atoms with Crippen LogP contribution in [0.1, 0.15) is 31.6 Å². The molecule has 0 saturated carbocycles. The lowest BCUT2D eigenvalue weighted by Gasteiger charge is -2.22. The van der Waals surface area contributed by atoms with Crippen LogP contribution >= 0.6 is 0 Å². The molecule has 1 rings (SSSR count). The second-order valence-corrected chi connectivity index (χ2v) is 3.67. The van der Waals surface area contributed by atoms with Crippen LogP contribution in [-0.2, 0) is 4.79 Å². The van der Waals surface area contributed by atoms with Crippen LogP contribution in [-0.4, -0.2) is 29.6 Å². The quantitative estimate of drug-likeness (QED) is 0.783. The molecule has 0 fully saturated rings. The third-order valence-corrected chi connectivity index (χ3v) is 2.52. The Balaban J connectivity index is 2.33. The van der Waals surface area contributed by atoms with Crippen molar-refractivity contribution in [3.05, 3.63) is 24.2 Å². The lowest BCUT2D eigenvalue weighted by atomic mass is 10.2. The maximum atomic E-state index is 10.3. The van der Waals surface area contributed by atoms with Gasteiger partial charge in [0, 0.05) is 6.42 Å². The molecule has 0 aliphatic carbocycles. The van der Waals surface area contributed by atoms with Gasteiger partial charge in [0.25, 0.3) is 0 Å². The summed E-state index contributed by atoms with van der Waals surface area (Å²) in [4.78, 5) is 12.4. The summed E-state index contributed by atoms with van der Waals surface area (Å²) in [6, 6.07) is 3.98. The van der Waals surface area contributed by atoms with E-state index in [0.717, 1.165) is 12.3 Å². The molecule has 1 unspecified atom stereocenters. The third kappa shape index (κ3) is 3.75. The Morgan fingerprint density at radius 2 is 2.40 bits per heavy atom. The maximum Gasteiger partial charge on any atom is 0.303 e. The van der Waals surface area contributed by atoms with Gasteiger partial charge in [-0.15, -0.1) is 0 Å². The smallest absolute Gasteiger partial charge is 0.303 e. The lowest BCUT2D eigenvalue weighted by Crippen LogP contribution is -2.23. The van der Waals surface area contributed by atoms with E-state index in [9.17, 15) is 4.79 Å². The van der Waals surface area contributed by atoms with Crippen molar-refractivity contribution in [2.45, 2.75) is 25.8 Å². The fourth-order valence-electron chi connectivity index (χ4n) is 1.42. The Labute approximate surface area is 89.5 Å². The zero-order chi connectivity index (χ0) is 11.3. The fraction of sp³-hybridized carbons (Fsp3) is 0.545. The number of aliphatic carboxylic acids is 1. The highest BCUT2D eigenvalue weighted by atomic mass is 16.4. The summed E-state index contributed by atoms with van der Waals surface area (Å²) in [5.41, 5.74) is 0. The Kier molecular flexibility index (Phi) is 4.37. The van der Waals surface area contributed by atoms with Crippen molar-refractivity contribution in [2.75, 3.05) is 13.6 Å². The Hall–Kier alpha value is -1.29. The van der Waals surface area contributed by atoms with Crippen molar-refractivity contribution in [3.63, 3.8) is 0 Å². The van der Waals surface area contributed by atoms with Crippen LogP contribution in [0.4, 0.5) is 0 Å². The summed E-state index contributed by atoms with van der Waals surface area (Å²) < 4.78 is 5.29. The first-order chi connectivity index (χ1) is 7.11. The zero-order valence-corrected chi connectivity index (χ0v) is 9.14. The number of carboxylic acid groups (broad SMARTS) is 1. The first-order valence-electron chi connectivity index (χ1n) is 5.06. The molecule has 1 N–H and O–H groups in total. The first-order valence-corrected chi connectivity index (χ1v) is 5.06. The van der Waals surface area contributed by atoms with Crippen LogP contribution in [0.25, 0.3) is 0 Å². The maximum absolute atomic E-state index is 10.3. The number of rotatable bonds is 6. The average molecular weight is 211 g/mol. The monoisotopic (exact) mass is 211 g/mol. The molecule has 1 atom stereocenters. The van der Waals surface area contributed by atoms with E-state index in [4.69, 9.17) is 9.52 Å². The van der Waals surface area contributed by atoms with Gasteiger partial charge in [0.15, 0.2) is 0 Å². The molecule has 4 nitrogen and oxygen atoms in total. The number of nitrogens with zero attached hydrogens (tertiary/aromatic N) is 1. The van der Waals surface area contributed by atoms with E-state index in [-0.39, 0.29) is 12.5 Å². The Morgan fingerprint density at radius 1 is 1.67 bits per heavy atom. The van der Waals surface area contributed by atoms with Crippen LogP contribution in [0, 0.1) is 0 Å². The number of furan rings is 1. The average Bonchev–Trinajstić information content (AvgIpc) is 2.68. The predicted molar refractivity (Wildman–Crippen MR) is 56.6 cm³/mol. The van der Waals surface area contributed by atoms with E-state index in [1.165, 1.54) is 0 Å². The van der Waals surface area contributed by atoms with E-state index in [1.54, 1.807) is 6.26 Å². The zero-order valence-electron chi connectivity index (χ0n) is 9.14. The molecule has 0 aliphatic rings. The van der Waals surface area contributed by atoms with Gasteiger partial charge in [-0.3, -0.25) is 9.69 Å². The number of hydrogen-bond donors (Lipinski definition) is 1. The van der Waals surface area contributed by atoms with Gasteiger partial charge in [0.05, 0.1) is 12.3 Å². The summed E-state index contributed by atoms with van der Waals surface area (Å²) >= 11 is 0. The second-order valence-electron chi connectivity index (χ2n) is 3.67. The van der Waals surface area contributed by atoms with Gasteiger partial charge in [-0.1, -0.05) is 0 Å². The summed E-state index contributed by atoms with van der Waals surface area (Å²) in [5, 5.41) is 8.51. The molecule has 0 aromatic carbocycles. The standard InChI is InChI=1S/C11H17NO3/c1-9(10-5-4-8-15-10)12(2)7-3-6-11(13)14/h4-5,8-9H,3,6-7H2,1-2H3,(H,13,14). The molecule has 0 amide bonds. The van der Waals surface area contributed by atoms with Crippen molar-refractivity contribution in [2.24, 2.45) is 0 Å². The van der Waals surface area contributed by atoms with Crippen LogP contribution in [0.5, 0.6) is 0 Å². The van der Waals surface area contributed by atoms with E-state index < -0.39 is 5.97 Å². The van der Waals surface area contributed by atoms with Crippen LogP contribution in [0.3, 0.4) is 0 Å². The first kappa shape index (κ1) is 11.8. The molecule has 0 radical (unpaired) electrons. The summed E-state index contributed by atoms with van der Waals surface area (Å²) in [6.45, 7) is 2.80. The van der Waals surface area contributed by atoms with Gasteiger partial charge in [0.1, 0.15) is 5.76 Å². The molecule has 15 heavy (non-hydrogen) atoms. The van der Waals surface area contributed by atoms with Crippen LogP contribution in [0.15, 0.2) is 22.8 Å². The van der Waals surface area contributed by atoms with Gasteiger partial charge in [-0.25, -0.2) is 0 Å². The summed E-state index contributed by atoms with van der Waals surface area (Å²) in [7, 11) is 1.97. The minimum Gasteiger partial charge on any atom is -0.481 e. The molecular formula is C11H17NO3. The normalized spacial score (nSPS) is 13.0. The SMILES string of the molecule is CC(c1ccco1)N(C)CCCC(=O)O. The minimum atomic E-state index is -0.742. The van der Waals surface area contributed by atoms with Crippen molar-refractivity contribution < 1.29 is 14.3 Å². The largest absolute Gasteiger partial charge is 0.481 e. The third-order valence-electron chi connectivity index (χ3n) is 2.52. The van der Waals surface area contributed by atoms with Gasteiger partial charge in [0.2, 0.25) is 0 Å². The topological polar surface area (TPSA) is 53.7 Å². The van der Waals surface area contributed by atoms with Crippen molar-refractivity contribution in [1.29, 1.82) is 0 Å². The van der Waals surface area contributed by atoms with Crippen LogP contribution < -0.4 is 0 Å². The van der Waals surface area contributed by atoms with E-state index in [2.05, 4.69) is 4.90 Å². The fourth-order valence-corrected chi connectivity index (χ4v) is 1.42. The van der Waals surface area contributed by atoms with Crippen molar-refractivity contribution in [1.82, 2.24) is 4.90 Å². The van der Waals surface area contributed by atoms with Gasteiger partial charge >= 0.3 is 5.97 Å². The predicted octanol–water partition coefficient (Wildman–Crippen LogP) is 2.14. The molecule has 1 aromatic rings. The number of hydrogen-bond acceptors (Lipinski definition) is 3. The highest BCUT2D eigenvalue weighted by Crippen LogP contribution is 2.18. The molecule has 0 spiro atoms. The lowest BCUT2D eigenvalue weighted by molar-refractivity contribution is -0.137. The van der Waals surface area contributed by atoms with E-state index in [1.807, 2.05) is 26.1 Å². The molecule has 0 aliphatic heterocycles. The van der Waals surface area contributed by atoms with Gasteiger partial charge in [-0.05, 0) is 39.1 Å². The van der Waals surface area contributed by atoms with Gasteiger partial charge < -0.3 is 9.52 Å². The Bertz CT molecular complexity index is 295. The molecule has 4 heteroatoms. The summed E-state index contributed by atoms with van der Waals surface area (Å²) in [5.74, 6) is 0.168. The molecule has 84 valence electrons. The highest BCUT2D eigenvalue weighted by Gasteiger charge is 2.13. The molecular weight excluding hydrogens is 194 g/mol. The highest BCUT2D eigenvalue weighted by molar-refractivity contribution is 5.66. The molecule has 0 bridgehead atoms. The van der Waals surface area contributed by atoms with Crippen molar-refractivity contribution in [3.8, 4) is 0 Å².